The Hall–Kier alpha value is -1.27. The summed E-state index contributed by atoms with van der Waals surface area (Å²) in [5, 5.41) is 21.9. The molecule has 3 rings (SSSR count). The fourth-order valence-corrected chi connectivity index (χ4v) is 3.44. The van der Waals surface area contributed by atoms with Gasteiger partial charge in [-0.3, -0.25) is 0 Å². The number of fused-ring (bicyclic) bond motifs is 1. The Morgan fingerprint density at radius 2 is 2.41 bits per heavy atom. The summed E-state index contributed by atoms with van der Waals surface area (Å²) in [6.07, 6.45) is 3.50. The first-order chi connectivity index (χ1) is 8.22. The molecule has 0 fully saturated rings. The molecule has 90 valence electrons. The number of aliphatic hydroxyl groups is 1. The first-order valence-electron chi connectivity index (χ1n) is 5.75. The van der Waals surface area contributed by atoms with Crippen LogP contribution < -0.4 is 0 Å². The Balaban J connectivity index is 1.75. The van der Waals surface area contributed by atoms with E-state index in [9.17, 15) is 5.11 Å². The molecule has 0 saturated heterocycles. The number of hydrogen-bond donors (Lipinski definition) is 1. The van der Waals surface area contributed by atoms with Gasteiger partial charge in [-0.2, -0.15) is 4.80 Å². The fraction of sp³-hybridized carbons (Fsp3) is 0.545. The fourth-order valence-electron chi connectivity index (χ4n) is 2.19. The Kier molecular flexibility index (Phi) is 2.68. The van der Waals surface area contributed by atoms with Gasteiger partial charge in [0.15, 0.2) is 5.82 Å². The maximum atomic E-state index is 10.1. The smallest absolute Gasteiger partial charge is 0.177 e. The van der Waals surface area contributed by atoms with Crippen LogP contribution in [0.25, 0.3) is 0 Å². The average Bonchev–Trinajstić information content (AvgIpc) is 2.92. The van der Waals surface area contributed by atoms with Crippen LogP contribution in [0.2, 0.25) is 0 Å². The Labute approximate surface area is 103 Å². The lowest BCUT2D eigenvalue weighted by atomic mass is 10.1. The second-order valence-corrected chi connectivity index (χ2v) is 5.53. The second-order valence-electron chi connectivity index (χ2n) is 4.37. The molecule has 0 aromatic carbocycles. The highest BCUT2D eigenvalue weighted by atomic mass is 32.1. The van der Waals surface area contributed by atoms with Crippen LogP contribution in [0.3, 0.4) is 0 Å². The lowest BCUT2D eigenvalue weighted by Gasteiger charge is -2.04. The minimum absolute atomic E-state index is 0.438. The van der Waals surface area contributed by atoms with E-state index in [4.69, 9.17) is 0 Å². The number of aliphatic hydroxyl groups excluding tert-OH is 1. The molecule has 0 aliphatic heterocycles. The van der Waals surface area contributed by atoms with Gasteiger partial charge in [-0.25, -0.2) is 0 Å². The molecule has 1 aliphatic rings. The van der Waals surface area contributed by atoms with Crippen LogP contribution in [0.5, 0.6) is 0 Å². The molecule has 1 aliphatic carbocycles. The zero-order chi connectivity index (χ0) is 11.8. The highest BCUT2D eigenvalue weighted by Crippen LogP contribution is 2.34. The standard InChI is InChI=1S/C11H14N4OS/c1-15-13-11(12-14-15)6-8(16)10-5-7-3-2-4-9(7)17-10/h5,8,16H,2-4,6H2,1H3. The topological polar surface area (TPSA) is 63.8 Å². The van der Waals surface area contributed by atoms with Crippen LogP contribution in [0, 0.1) is 0 Å². The van der Waals surface area contributed by atoms with Gasteiger partial charge < -0.3 is 5.11 Å². The molecule has 0 spiro atoms. The third-order valence-electron chi connectivity index (χ3n) is 3.02. The highest BCUT2D eigenvalue weighted by molar-refractivity contribution is 7.12. The van der Waals surface area contributed by atoms with Gasteiger partial charge >= 0.3 is 0 Å². The molecule has 1 unspecified atom stereocenters. The van der Waals surface area contributed by atoms with Gasteiger partial charge in [-0.1, -0.05) is 0 Å². The van der Waals surface area contributed by atoms with Gasteiger partial charge in [0.2, 0.25) is 0 Å². The van der Waals surface area contributed by atoms with Crippen LogP contribution in [-0.2, 0) is 26.3 Å². The summed E-state index contributed by atoms with van der Waals surface area (Å²) in [5.74, 6) is 0.591. The zero-order valence-electron chi connectivity index (χ0n) is 9.63. The minimum atomic E-state index is -0.505. The van der Waals surface area contributed by atoms with Crippen molar-refractivity contribution in [3.8, 4) is 0 Å². The van der Waals surface area contributed by atoms with E-state index in [0.717, 1.165) is 17.7 Å². The Morgan fingerprint density at radius 3 is 3.12 bits per heavy atom. The number of nitrogens with zero attached hydrogens (tertiary/aromatic N) is 4. The van der Waals surface area contributed by atoms with Gasteiger partial charge in [0.05, 0.1) is 13.2 Å². The van der Waals surface area contributed by atoms with Crippen molar-refractivity contribution in [1.82, 2.24) is 20.2 Å². The van der Waals surface area contributed by atoms with E-state index in [-0.39, 0.29) is 0 Å². The molecule has 0 bridgehead atoms. The summed E-state index contributed by atoms with van der Waals surface area (Å²) in [6.45, 7) is 0. The summed E-state index contributed by atoms with van der Waals surface area (Å²) in [4.78, 5) is 3.88. The predicted molar refractivity (Wildman–Crippen MR) is 63.8 cm³/mol. The van der Waals surface area contributed by atoms with E-state index < -0.39 is 6.10 Å². The number of thiophene rings is 1. The third-order valence-corrected chi connectivity index (χ3v) is 4.36. The number of aryl methyl sites for hydroxylation is 3. The summed E-state index contributed by atoms with van der Waals surface area (Å²) in [6, 6.07) is 2.13. The van der Waals surface area contributed by atoms with Crippen molar-refractivity contribution in [3.05, 3.63) is 27.2 Å². The molecule has 5 nitrogen and oxygen atoms in total. The van der Waals surface area contributed by atoms with Crippen molar-refractivity contribution in [3.63, 3.8) is 0 Å². The van der Waals surface area contributed by atoms with Gasteiger partial charge in [-0.15, -0.1) is 21.5 Å². The molecule has 2 aromatic heterocycles. The first-order valence-corrected chi connectivity index (χ1v) is 6.56. The van der Waals surface area contributed by atoms with E-state index in [0.29, 0.717) is 12.2 Å². The number of aromatic nitrogens is 4. The monoisotopic (exact) mass is 250 g/mol. The van der Waals surface area contributed by atoms with E-state index in [2.05, 4.69) is 21.5 Å². The largest absolute Gasteiger partial charge is 0.387 e. The van der Waals surface area contributed by atoms with Crippen LogP contribution >= 0.6 is 11.3 Å². The lowest BCUT2D eigenvalue weighted by molar-refractivity contribution is 0.179. The molecular weight excluding hydrogens is 236 g/mol. The Bertz CT molecular complexity index is 512. The van der Waals surface area contributed by atoms with Gasteiger partial charge in [0, 0.05) is 16.2 Å². The maximum Gasteiger partial charge on any atom is 0.177 e. The van der Waals surface area contributed by atoms with E-state index in [1.165, 1.54) is 21.7 Å². The van der Waals surface area contributed by atoms with Crippen molar-refractivity contribution in [2.75, 3.05) is 0 Å². The van der Waals surface area contributed by atoms with Crippen LogP contribution in [0.1, 0.15) is 33.7 Å². The predicted octanol–water partition coefficient (Wildman–Crippen LogP) is 1.04. The van der Waals surface area contributed by atoms with Gasteiger partial charge in [0.25, 0.3) is 0 Å². The molecular formula is C11H14N4OS. The molecule has 1 atom stereocenters. The molecule has 17 heavy (non-hydrogen) atoms. The quantitative estimate of drug-likeness (QED) is 0.884. The highest BCUT2D eigenvalue weighted by Gasteiger charge is 2.20. The van der Waals surface area contributed by atoms with Gasteiger partial charge in [0.1, 0.15) is 0 Å². The van der Waals surface area contributed by atoms with Crippen LogP contribution in [-0.4, -0.2) is 25.3 Å². The van der Waals surface area contributed by atoms with E-state index >= 15 is 0 Å². The molecule has 2 heterocycles. The molecule has 0 radical (unpaired) electrons. The van der Waals surface area contributed by atoms with Crippen LogP contribution in [0.4, 0.5) is 0 Å². The minimum Gasteiger partial charge on any atom is -0.387 e. The van der Waals surface area contributed by atoms with Crippen molar-refractivity contribution in [2.24, 2.45) is 7.05 Å². The maximum absolute atomic E-state index is 10.1. The van der Waals surface area contributed by atoms with E-state index in [1.807, 2.05) is 0 Å². The van der Waals surface area contributed by atoms with Crippen molar-refractivity contribution in [1.29, 1.82) is 0 Å². The molecule has 0 saturated carbocycles. The average molecular weight is 250 g/mol. The lowest BCUT2D eigenvalue weighted by Crippen LogP contribution is -2.02. The molecule has 1 N–H and O–H groups in total. The second kappa shape index (κ2) is 4.19. The van der Waals surface area contributed by atoms with Gasteiger partial charge in [-0.05, 0) is 36.1 Å². The van der Waals surface area contributed by atoms with Crippen LogP contribution in [0.15, 0.2) is 6.07 Å². The number of tetrazole rings is 1. The summed E-state index contributed by atoms with van der Waals surface area (Å²) >= 11 is 1.72. The third kappa shape index (κ3) is 2.10. The molecule has 6 heteroatoms. The van der Waals surface area contributed by atoms with E-state index in [1.54, 1.807) is 18.4 Å². The Morgan fingerprint density at radius 1 is 1.53 bits per heavy atom. The zero-order valence-corrected chi connectivity index (χ0v) is 10.4. The SMILES string of the molecule is Cn1nnc(CC(O)c2cc3c(s2)CCC3)n1. The van der Waals surface area contributed by atoms with Crippen molar-refractivity contribution < 1.29 is 5.11 Å². The summed E-state index contributed by atoms with van der Waals surface area (Å²) < 4.78 is 0. The van der Waals surface area contributed by atoms with Crippen molar-refractivity contribution in [2.45, 2.75) is 31.8 Å². The summed E-state index contributed by atoms with van der Waals surface area (Å²) in [7, 11) is 1.72. The normalized spacial score (nSPS) is 16.1. The number of rotatable bonds is 3. The first kappa shape index (κ1) is 10.9. The summed E-state index contributed by atoms with van der Waals surface area (Å²) in [5.41, 5.74) is 1.41. The van der Waals surface area contributed by atoms with Crippen molar-refractivity contribution >= 4 is 11.3 Å². The molecule has 0 amide bonds. The molecule has 2 aromatic rings. The number of hydrogen-bond acceptors (Lipinski definition) is 5.